The average molecular weight is 369 g/mol. The molecular formula is C21H27N3O3. The van der Waals surface area contributed by atoms with E-state index in [0.29, 0.717) is 23.7 Å². The minimum atomic E-state index is -0.227. The molecule has 0 spiro atoms. The third-order valence-corrected chi connectivity index (χ3v) is 3.99. The zero-order valence-electron chi connectivity index (χ0n) is 16.3. The van der Waals surface area contributed by atoms with E-state index in [2.05, 4.69) is 16.0 Å². The Hall–Kier alpha value is -3.02. The molecule has 0 fully saturated rings. The summed E-state index contributed by atoms with van der Waals surface area (Å²) in [5.41, 5.74) is 2.79. The van der Waals surface area contributed by atoms with Crippen LogP contribution in [0, 0.1) is 12.8 Å². The number of carbonyl (C=O) groups is 2. The lowest BCUT2D eigenvalue weighted by atomic mass is 10.1. The molecule has 0 saturated heterocycles. The van der Waals surface area contributed by atoms with Gasteiger partial charge in [-0.2, -0.15) is 0 Å². The number of hydrogen-bond acceptors (Lipinski definition) is 4. The van der Waals surface area contributed by atoms with Gasteiger partial charge in [0.05, 0.1) is 24.9 Å². The highest BCUT2D eigenvalue weighted by molar-refractivity contribution is 6.04. The van der Waals surface area contributed by atoms with Gasteiger partial charge in [0.2, 0.25) is 5.91 Å². The second kappa shape index (κ2) is 9.62. The molecule has 144 valence electrons. The summed E-state index contributed by atoms with van der Waals surface area (Å²) in [7, 11) is 1.62. The van der Waals surface area contributed by atoms with Gasteiger partial charge in [0, 0.05) is 12.2 Å². The Morgan fingerprint density at radius 2 is 1.81 bits per heavy atom. The second-order valence-electron chi connectivity index (χ2n) is 6.73. The number of nitrogens with one attached hydrogen (secondary N) is 3. The fourth-order valence-electron chi connectivity index (χ4n) is 2.51. The summed E-state index contributed by atoms with van der Waals surface area (Å²) in [6, 6.07) is 12.6. The first kappa shape index (κ1) is 20.3. The zero-order valence-corrected chi connectivity index (χ0v) is 16.3. The van der Waals surface area contributed by atoms with Crippen LogP contribution in [0.4, 0.5) is 11.4 Å². The average Bonchev–Trinajstić information content (AvgIpc) is 2.65. The highest BCUT2D eigenvalue weighted by Gasteiger charge is 2.13. The van der Waals surface area contributed by atoms with Gasteiger partial charge in [-0.1, -0.05) is 26.0 Å². The minimum Gasteiger partial charge on any atom is -0.497 e. The summed E-state index contributed by atoms with van der Waals surface area (Å²) in [5, 5.41) is 8.78. The predicted molar refractivity (Wildman–Crippen MR) is 108 cm³/mol. The Balaban J connectivity index is 1.99. The number of rotatable bonds is 8. The largest absolute Gasteiger partial charge is 0.497 e. The monoisotopic (exact) mass is 369 g/mol. The molecule has 0 aliphatic rings. The van der Waals surface area contributed by atoms with E-state index in [0.717, 1.165) is 17.0 Å². The maximum absolute atomic E-state index is 12.3. The van der Waals surface area contributed by atoms with E-state index < -0.39 is 0 Å². The van der Waals surface area contributed by atoms with Crippen molar-refractivity contribution in [1.82, 2.24) is 5.32 Å². The van der Waals surface area contributed by atoms with Crippen LogP contribution >= 0.6 is 0 Å². The highest BCUT2D eigenvalue weighted by Crippen LogP contribution is 2.21. The number of para-hydroxylation sites is 1. The van der Waals surface area contributed by atoms with Crippen LogP contribution in [0.25, 0.3) is 0 Å². The zero-order chi connectivity index (χ0) is 19.8. The first-order chi connectivity index (χ1) is 12.9. The van der Waals surface area contributed by atoms with E-state index in [1.807, 2.05) is 39.0 Å². The number of amides is 2. The molecule has 0 unspecified atom stereocenters. The molecular weight excluding hydrogens is 342 g/mol. The topological polar surface area (TPSA) is 79.5 Å². The van der Waals surface area contributed by atoms with Crippen LogP contribution < -0.4 is 20.7 Å². The summed E-state index contributed by atoms with van der Waals surface area (Å²) in [6.07, 6.45) is 0. The fraction of sp³-hybridized carbons (Fsp3) is 0.333. The van der Waals surface area contributed by atoms with Crippen molar-refractivity contribution in [2.75, 3.05) is 30.8 Å². The molecule has 0 heterocycles. The van der Waals surface area contributed by atoms with Gasteiger partial charge >= 0.3 is 0 Å². The van der Waals surface area contributed by atoms with Crippen LogP contribution in [0.2, 0.25) is 0 Å². The van der Waals surface area contributed by atoms with E-state index in [1.165, 1.54) is 0 Å². The Kier molecular flexibility index (Phi) is 7.23. The number of benzene rings is 2. The molecule has 27 heavy (non-hydrogen) atoms. The van der Waals surface area contributed by atoms with Gasteiger partial charge in [0.25, 0.3) is 5.91 Å². The molecule has 2 aromatic rings. The summed E-state index contributed by atoms with van der Waals surface area (Å²) < 4.78 is 5.18. The Labute approximate surface area is 160 Å². The van der Waals surface area contributed by atoms with Crippen molar-refractivity contribution >= 4 is 23.2 Å². The van der Waals surface area contributed by atoms with Crippen molar-refractivity contribution < 1.29 is 14.3 Å². The van der Waals surface area contributed by atoms with Gasteiger partial charge in [-0.25, -0.2) is 0 Å². The number of hydrogen-bond donors (Lipinski definition) is 3. The van der Waals surface area contributed by atoms with E-state index >= 15 is 0 Å². The van der Waals surface area contributed by atoms with Crippen LogP contribution in [-0.4, -0.2) is 32.0 Å². The summed E-state index contributed by atoms with van der Waals surface area (Å²) >= 11 is 0. The smallest absolute Gasteiger partial charge is 0.253 e. The fourth-order valence-corrected chi connectivity index (χ4v) is 2.51. The minimum absolute atomic E-state index is 0.0924. The molecule has 0 saturated carbocycles. The van der Waals surface area contributed by atoms with E-state index in [9.17, 15) is 9.59 Å². The van der Waals surface area contributed by atoms with Crippen molar-refractivity contribution in [2.24, 2.45) is 5.92 Å². The standard InChI is InChI=1S/C21H27N3O3/c1-14(2)12-23-21(26)17-7-5-6-8-19(17)24-20(25)13-22-18-10-9-16(27-4)11-15(18)3/h5-11,14,22H,12-13H2,1-4H3,(H,23,26)(H,24,25). The lowest BCUT2D eigenvalue weighted by Crippen LogP contribution is -2.29. The molecule has 0 aliphatic carbocycles. The Morgan fingerprint density at radius 3 is 2.48 bits per heavy atom. The predicted octanol–water partition coefficient (Wildman–Crippen LogP) is 3.44. The molecule has 0 radical (unpaired) electrons. The molecule has 6 heteroatoms. The van der Waals surface area contributed by atoms with E-state index in [1.54, 1.807) is 31.4 Å². The lowest BCUT2D eigenvalue weighted by molar-refractivity contribution is -0.114. The van der Waals surface area contributed by atoms with Gasteiger partial charge in [0.15, 0.2) is 0 Å². The van der Waals surface area contributed by atoms with Gasteiger partial charge < -0.3 is 20.7 Å². The summed E-state index contributed by atoms with van der Waals surface area (Å²) in [4.78, 5) is 24.7. The second-order valence-corrected chi connectivity index (χ2v) is 6.73. The van der Waals surface area contributed by atoms with Crippen molar-refractivity contribution in [3.8, 4) is 5.75 Å². The Morgan fingerprint density at radius 1 is 1.07 bits per heavy atom. The molecule has 2 aromatic carbocycles. The molecule has 2 amide bonds. The molecule has 0 aromatic heterocycles. The number of methoxy groups -OCH3 is 1. The molecule has 2 rings (SSSR count). The normalized spacial score (nSPS) is 10.4. The van der Waals surface area contributed by atoms with Crippen molar-refractivity contribution in [3.63, 3.8) is 0 Å². The SMILES string of the molecule is COc1ccc(NCC(=O)Nc2ccccc2C(=O)NCC(C)C)c(C)c1. The van der Waals surface area contributed by atoms with Crippen LogP contribution in [0.3, 0.4) is 0 Å². The molecule has 3 N–H and O–H groups in total. The Bertz CT molecular complexity index is 803. The summed E-state index contributed by atoms with van der Waals surface area (Å²) in [6.45, 7) is 6.67. The van der Waals surface area contributed by atoms with Crippen molar-refractivity contribution in [1.29, 1.82) is 0 Å². The number of aryl methyl sites for hydroxylation is 1. The van der Waals surface area contributed by atoms with Gasteiger partial charge in [0.1, 0.15) is 5.75 Å². The molecule has 0 bridgehead atoms. The molecule has 0 aliphatic heterocycles. The van der Waals surface area contributed by atoms with E-state index in [-0.39, 0.29) is 18.4 Å². The van der Waals surface area contributed by atoms with Crippen LogP contribution in [0.1, 0.15) is 29.8 Å². The number of ether oxygens (including phenoxy) is 1. The highest BCUT2D eigenvalue weighted by atomic mass is 16.5. The lowest BCUT2D eigenvalue weighted by Gasteiger charge is -2.14. The van der Waals surface area contributed by atoms with Gasteiger partial charge in [-0.05, 0) is 48.7 Å². The van der Waals surface area contributed by atoms with Crippen molar-refractivity contribution in [2.45, 2.75) is 20.8 Å². The van der Waals surface area contributed by atoms with Gasteiger partial charge in [-0.3, -0.25) is 9.59 Å². The third kappa shape index (κ3) is 6.02. The maximum atomic E-state index is 12.3. The summed E-state index contributed by atoms with van der Waals surface area (Å²) in [5.74, 6) is 0.698. The number of anilines is 2. The molecule has 0 atom stereocenters. The van der Waals surface area contributed by atoms with Crippen LogP contribution in [-0.2, 0) is 4.79 Å². The molecule has 6 nitrogen and oxygen atoms in total. The maximum Gasteiger partial charge on any atom is 0.253 e. The third-order valence-electron chi connectivity index (χ3n) is 3.99. The van der Waals surface area contributed by atoms with Crippen LogP contribution in [0.15, 0.2) is 42.5 Å². The van der Waals surface area contributed by atoms with Crippen LogP contribution in [0.5, 0.6) is 5.75 Å². The number of carbonyl (C=O) groups excluding carboxylic acids is 2. The first-order valence-corrected chi connectivity index (χ1v) is 8.96. The van der Waals surface area contributed by atoms with E-state index in [4.69, 9.17) is 4.74 Å². The van der Waals surface area contributed by atoms with Gasteiger partial charge in [-0.15, -0.1) is 0 Å². The van der Waals surface area contributed by atoms with Crippen molar-refractivity contribution in [3.05, 3.63) is 53.6 Å². The quantitative estimate of drug-likeness (QED) is 0.666. The first-order valence-electron chi connectivity index (χ1n) is 8.96.